The first kappa shape index (κ1) is 17.0. The van der Waals surface area contributed by atoms with Gasteiger partial charge in [-0.1, -0.05) is 23.9 Å². The molecule has 1 aromatic carbocycles. The van der Waals surface area contributed by atoms with Gasteiger partial charge in [-0.25, -0.2) is 4.79 Å². The van der Waals surface area contributed by atoms with Crippen LogP contribution in [0, 0.1) is 5.92 Å². The van der Waals surface area contributed by atoms with Gasteiger partial charge in [-0.3, -0.25) is 0 Å². The SMILES string of the molecule is CC(O)C1CCN(C(=O)Nc2ccccc2SC(F)F)CC1. The number of nitrogens with zero attached hydrogens (tertiary/aromatic N) is 1. The van der Waals surface area contributed by atoms with Crippen LogP contribution in [0.4, 0.5) is 19.3 Å². The number of halogens is 2. The second-order valence-electron chi connectivity index (χ2n) is 5.37. The predicted molar refractivity (Wildman–Crippen MR) is 83.3 cm³/mol. The van der Waals surface area contributed by atoms with Crippen molar-refractivity contribution in [1.29, 1.82) is 0 Å². The molecule has 1 saturated heterocycles. The van der Waals surface area contributed by atoms with Gasteiger partial charge in [0.1, 0.15) is 0 Å². The number of likely N-dealkylation sites (tertiary alicyclic amines) is 1. The number of hydrogen-bond donors (Lipinski definition) is 2. The zero-order valence-electron chi connectivity index (χ0n) is 12.3. The average Bonchev–Trinajstić information content (AvgIpc) is 2.48. The first-order valence-electron chi connectivity index (χ1n) is 7.25. The molecule has 0 spiro atoms. The van der Waals surface area contributed by atoms with Crippen LogP contribution in [0.15, 0.2) is 29.2 Å². The van der Waals surface area contributed by atoms with E-state index in [1.165, 1.54) is 0 Å². The van der Waals surface area contributed by atoms with Gasteiger partial charge in [0.2, 0.25) is 0 Å². The van der Waals surface area contributed by atoms with Crippen LogP contribution >= 0.6 is 11.8 Å². The van der Waals surface area contributed by atoms with Crippen LogP contribution in [0.25, 0.3) is 0 Å². The summed E-state index contributed by atoms with van der Waals surface area (Å²) in [5.74, 6) is -2.31. The number of nitrogens with one attached hydrogen (secondary N) is 1. The Balaban J connectivity index is 1.95. The lowest BCUT2D eigenvalue weighted by atomic mass is 9.92. The number of thioether (sulfide) groups is 1. The fraction of sp³-hybridized carbons (Fsp3) is 0.533. The molecule has 0 radical (unpaired) electrons. The van der Waals surface area contributed by atoms with E-state index in [4.69, 9.17) is 0 Å². The zero-order chi connectivity index (χ0) is 16.1. The standard InChI is InChI=1S/C15H20F2N2O2S/c1-10(20)11-6-8-19(9-7-11)15(21)18-12-4-2-3-5-13(12)22-14(16)17/h2-5,10-11,14,20H,6-9H2,1H3,(H,18,21). The van der Waals surface area contributed by atoms with Crippen molar-refractivity contribution in [3.8, 4) is 0 Å². The Morgan fingerprint density at radius 3 is 2.59 bits per heavy atom. The van der Waals surface area contributed by atoms with E-state index in [-0.39, 0.29) is 18.1 Å². The van der Waals surface area contributed by atoms with E-state index in [1.54, 1.807) is 36.1 Å². The maximum Gasteiger partial charge on any atom is 0.321 e. The number of piperidine rings is 1. The molecule has 0 bridgehead atoms. The highest BCUT2D eigenvalue weighted by Gasteiger charge is 2.25. The topological polar surface area (TPSA) is 52.6 Å². The molecule has 2 N–H and O–H groups in total. The Hall–Kier alpha value is -1.34. The maximum atomic E-state index is 12.5. The Morgan fingerprint density at radius 1 is 1.36 bits per heavy atom. The molecule has 1 aromatic rings. The number of carbonyl (C=O) groups is 1. The summed E-state index contributed by atoms with van der Waals surface area (Å²) >= 11 is 0.418. The molecule has 22 heavy (non-hydrogen) atoms. The van der Waals surface area contributed by atoms with Crippen LogP contribution in [0.3, 0.4) is 0 Å². The molecule has 122 valence electrons. The molecular weight excluding hydrogens is 310 g/mol. The Labute approximate surface area is 132 Å². The number of anilines is 1. The normalized spacial score (nSPS) is 17.6. The van der Waals surface area contributed by atoms with E-state index in [0.29, 0.717) is 35.4 Å². The van der Waals surface area contributed by atoms with Gasteiger partial charge >= 0.3 is 6.03 Å². The first-order valence-corrected chi connectivity index (χ1v) is 8.13. The highest BCUT2D eigenvalue weighted by molar-refractivity contribution is 7.99. The smallest absolute Gasteiger partial charge is 0.321 e. The fourth-order valence-corrected chi connectivity index (χ4v) is 3.14. The molecule has 2 rings (SSSR count). The molecule has 1 heterocycles. The monoisotopic (exact) mass is 330 g/mol. The summed E-state index contributed by atoms with van der Waals surface area (Å²) < 4.78 is 25.1. The fourth-order valence-electron chi connectivity index (χ4n) is 2.55. The third kappa shape index (κ3) is 4.58. The summed E-state index contributed by atoms with van der Waals surface area (Å²) in [5.41, 5.74) is 0.399. The molecule has 0 aliphatic carbocycles. The number of aliphatic hydroxyl groups excluding tert-OH is 1. The van der Waals surface area contributed by atoms with E-state index < -0.39 is 5.76 Å². The Morgan fingerprint density at radius 2 is 2.00 bits per heavy atom. The van der Waals surface area contributed by atoms with E-state index in [0.717, 1.165) is 12.8 Å². The molecule has 4 nitrogen and oxygen atoms in total. The van der Waals surface area contributed by atoms with E-state index in [9.17, 15) is 18.7 Å². The van der Waals surface area contributed by atoms with Crippen molar-refractivity contribution >= 4 is 23.5 Å². The van der Waals surface area contributed by atoms with Crippen LogP contribution < -0.4 is 5.32 Å². The summed E-state index contributed by atoms with van der Waals surface area (Å²) in [4.78, 5) is 14.2. The minimum absolute atomic E-state index is 0.214. The summed E-state index contributed by atoms with van der Waals surface area (Å²) in [6.45, 7) is 2.88. The van der Waals surface area contributed by atoms with Gasteiger partial charge < -0.3 is 15.3 Å². The van der Waals surface area contributed by atoms with Crippen LogP contribution in [0.2, 0.25) is 0 Å². The number of aliphatic hydroxyl groups is 1. The van der Waals surface area contributed by atoms with Crippen molar-refractivity contribution in [2.45, 2.75) is 36.5 Å². The van der Waals surface area contributed by atoms with Crippen LogP contribution in [0.5, 0.6) is 0 Å². The molecule has 0 saturated carbocycles. The first-order chi connectivity index (χ1) is 10.5. The zero-order valence-corrected chi connectivity index (χ0v) is 13.2. The number of para-hydroxylation sites is 1. The minimum atomic E-state index is -2.53. The maximum absolute atomic E-state index is 12.5. The molecule has 7 heteroatoms. The van der Waals surface area contributed by atoms with Crippen molar-refractivity contribution in [2.75, 3.05) is 18.4 Å². The largest absolute Gasteiger partial charge is 0.393 e. The van der Waals surface area contributed by atoms with Crippen LogP contribution in [-0.4, -0.2) is 41.0 Å². The number of rotatable bonds is 4. The van der Waals surface area contributed by atoms with Crippen molar-refractivity contribution in [3.63, 3.8) is 0 Å². The number of carbonyl (C=O) groups excluding carboxylic acids is 1. The lowest BCUT2D eigenvalue weighted by Gasteiger charge is -2.33. The molecule has 1 fully saturated rings. The summed E-state index contributed by atoms with van der Waals surface area (Å²) in [6, 6.07) is 6.25. The van der Waals surface area contributed by atoms with Crippen molar-refractivity contribution in [3.05, 3.63) is 24.3 Å². The molecule has 0 aromatic heterocycles. The lowest BCUT2D eigenvalue weighted by molar-refractivity contribution is 0.0820. The number of hydrogen-bond acceptors (Lipinski definition) is 3. The number of alkyl halides is 2. The van der Waals surface area contributed by atoms with E-state index >= 15 is 0 Å². The van der Waals surface area contributed by atoms with Crippen molar-refractivity contribution in [1.82, 2.24) is 4.90 Å². The number of urea groups is 1. The molecule has 1 aliphatic rings. The van der Waals surface area contributed by atoms with Gasteiger partial charge in [0.05, 0.1) is 11.8 Å². The van der Waals surface area contributed by atoms with Gasteiger partial charge in [-0.05, 0) is 37.8 Å². The van der Waals surface area contributed by atoms with Crippen LogP contribution in [-0.2, 0) is 0 Å². The second-order valence-corrected chi connectivity index (χ2v) is 6.40. The number of benzene rings is 1. The van der Waals surface area contributed by atoms with Gasteiger partial charge in [-0.2, -0.15) is 8.78 Å². The van der Waals surface area contributed by atoms with Gasteiger partial charge in [0.15, 0.2) is 0 Å². The number of amides is 2. The van der Waals surface area contributed by atoms with Gasteiger partial charge in [0.25, 0.3) is 5.76 Å². The van der Waals surface area contributed by atoms with Crippen molar-refractivity contribution < 1.29 is 18.7 Å². The Kier molecular flexibility index (Phi) is 6.02. The third-order valence-corrected chi connectivity index (χ3v) is 4.64. The quantitative estimate of drug-likeness (QED) is 0.829. The average molecular weight is 330 g/mol. The highest BCUT2D eigenvalue weighted by atomic mass is 32.2. The van der Waals surface area contributed by atoms with E-state index in [1.807, 2.05) is 0 Å². The molecular formula is C15H20F2N2O2S. The molecule has 1 unspecified atom stereocenters. The van der Waals surface area contributed by atoms with Crippen LogP contribution in [0.1, 0.15) is 19.8 Å². The van der Waals surface area contributed by atoms with Gasteiger partial charge in [0, 0.05) is 18.0 Å². The second kappa shape index (κ2) is 7.78. The van der Waals surface area contributed by atoms with E-state index in [2.05, 4.69) is 5.32 Å². The summed E-state index contributed by atoms with van der Waals surface area (Å²) in [5, 5.41) is 12.3. The molecule has 2 amide bonds. The summed E-state index contributed by atoms with van der Waals surface area (Å²) in [7, 11) is 0. The minimum Gasteiger partial charge on any atom is -0.393 e. The lowest BCUT2D eigenvalue weighted by Crippen LogP contribution is -2.42. The molecule has 1 atom stereocenters. The summed E-state index contributed by atoms with van der Waals surface area (Å²) in [6.07, 6.45) is 1.13. The predicted octanol–water partition coefficient (Wildman–Crippen LogP) is 3.63. The Bertz CT molecular complexity index is 506. The highest BCUT2D eigenvalue weighted by Crippen LogP contribution is 2.32. The van der Waals surface area contributed by atoms with Crippen molar-refractivity contribution in [2.24, 2.45) is 5.92 Å². The third-order valence-electron chi connectivity index (χ3n) is 3.85. The molecule has 1 aliphatic heterocycles. The van der Waals surface area contributed by atoms with Gasteiger partial charge in [-0.15, -0.1) is 0 Å².